The number of rotatable bonds is 9. The lowest BCUT2D eigenvalue weighted by Gasteiger charge is -2.23. The van der Waals surface area contributed by atoms with Gasteiger partial charge in [-0.1, -0.05) is 24.6 Å². The van der Waals surface area contributed by atoms with Crippen LogP contribution >= 0.6 is 11.3 Å². The normalized spacial score (nSPS) is 18.1. The summed E-state index contributed by atoms with van der Waals surface area (Å²) in [4.78, 5) is 8.25. The first-order valence-electron chi connectivity index (χ1n) is 8.51. The molecule has 0 aliphatic carbocycles. The molecule has 0 N–H and O–H groups in total. The number of aromatic nitrogens is 2. The molecule has 1 atom stereocenters. The summed E-state index contributed by atoms with van der Waals surface area (Å²) >= 11 is 1.79. The molecule has 0 radical (unpaired) electrons. The zero-order valence-electron chi connectivity index (χ0n) is 13.7. The van der Waals surface area contributed by atoms with Gasteiger partial charge in [0.1, 0.15) is 0 Å². The number of thiophene rings is 1. The van der Waals surface area contributed by atoms with Crippen LogP contribution in [0.3, 0.4) is 0 Å². The van der Waals surface area contributed by atoms with E-state index >= 15 is 0 Å². The van der Waals surface area contributed by atoms with E-state index in [2.05, 4.69) is 39.5 Å². The first-order valence-corrected chi connectivity index (χ1v) is 9.39. The average Bonchev–Trinajstić information content (AvgIpc) is 3.28. The van der Waals surface area contributed by atoms with Crippen molar-refractivity contribution in [2.75, 3.05) is 13.2 Å². The van der Waals surface area contributed by atoms with Gasteiger partial charge in [0.15, 0.2) is 5.82 Å². The highest BCUT2D eigenvalue weighted by atomic mass is 32.1. The molecule has 0 amide bonds. The van der Waals surface area contributed by atoms with Gasteiger partial charge in [-0.15, -0.1) is 11.3 Å². The Balaban J connectivity index is 1.60. The number of hydrogen-bond acceptors (Lipinski definition) is 6. The molecule has 2 aromatic rings. The van der Waals surface area contributed by atoms with Crippen molar-refractivity contribution in [3.8, 4) is 0 Å². The van der Waals surface area contributed by atoms with Gasteiger partial charge in [0.05, 0.1) is 12.6 Å². The molecule has 3 rings (SSSR count). The van der Waals surface area contributed by atoms with Crippen molar-refractivity contribution in [2.24, 2.45) is 0 Å². The minimum atomic E-state index is 0.331. The van der Waals surface area contributed by atoms with E-state index in [1.807, 2.05) is 0 Å². The fourth-order valence-corrected chi connectivity index (χ4v) is 3.61. The zero-order valence-corrected chi connectivity index (χ0v) is 14.6. The van der Waals surface area contributed by atoms with Crippen LogP contribution < -0.4 is 0 Å². The van der Waals surface area contributed by atoms with E-state index in [1.165, 1.54) is 11.3 Å². The molecule has 23 heavy (non-hydrogen) atoms. The third-order valence-corrected chi connectivity index (χ3v) is 4.93. The minimum Gasteiger partial charge on any atom is -0.377 e. The Morgan fingerprint density at radius 2 is 2.35 bits per heavy atom. The van der Waals surface area contributed by atoms with E-state index in [4.69, 9.17) is 9.26 Å². The van der Waals surface area contributed by atoms with Crippen molar-refractivity contribution in [3.63, 3.8) is 0 Å². The van der Waals surface area contributed by atoms with E-state index in [1.54, 1.807) is 11.3 Å². The summed E-state index contributed by atoms with van der Waals surface area (Å²) in [6, 6.07) is 4.27. The van der Waals surface area contributed by atoms with Gasteiger partial charge in [0.2, 0.25) is 5.89 Å². The molecule has 0 spiro atoms. The molecule has 0 saturated carbocycles. The second-order valence-corrected chi connectivity index (χ2v) is 7.12. The fraction of sp³-hybridized carbons (Fsp3) is 0.647. The topological polar surface area (TPSA) is 51.4 Å². The van der Waals surface area contributed by atoms with E-state index in [0.29, 0.717) is 18.5 Å². The van der Waals surface area contributed by atoms with Gasteiger partial charge in [-0.3, -0.25) is 4.90 Å². The Morgan fingerprint density at radius 1 is 1.39 bits per heavy atom. The maximum atomic E-state index is 5.79. The second-order valence-electron chi connectivity index (χ2n) is 6.09. The van der Waals surface area contributed by atoms with Crippen molar-refractivity contribution in [1.82, 2.24) is 15.0 Å². The first kappa shape index (κ1) is 16.6. The molecule has 2 aromatic heterocycles. The molecule has 1 aliphatic rings. The third-order valence-electron chi connectivity index (χ3n) is 4.07. The molecule has 1 fully saturated rings. The van der Waals surface area contributed by atoms with Crippen LogP contribution in [0.4, 0.5) is 0 Å². The lowest BCUT2D eigenvalue weighted by molar-refractivity contribution is 0.0644. The highest BCUT2D eigenvalue weighted by Gasteiger charge is 2.21. The minimum absolute atomic E-state index is 0.331. The molecule has 1 saturated heterocycles. The van der Waals surface area contributed by atoms with Crippen molar-refractivity contribution in [2.45, 2.75) is 58.2 Å². The molecule has 126 valence electrons. The molecular formula is C17H25N3O2S. The van der Waals surface area contributed by atoms with Gasteiger partial charge < -0.3 is 9.26 Å². The smallest absolute Gasteiger partial charge is 0.240 e. The maximum Gasteiger partial charge on any atom is 0.240 e. The number of aryl methyl sites for hydroxylation is 1. The van der Waals surface area contributed by atoms with Crippen LogP contribution in [0.5, 0.6) is 0 Å². The Labute approximate surface area is 141 Å². The molecule has 1 aliphatic heterocycles. The van der Waals surface area contributed by atoms with Crippen LogP contribution in [-0.4, -0.2) is 34.3 Å². The molecule has 1 unspecified atom stereocenters. The summed E-state index contributed by atoms with van der Waals surface area (Å²) in [6.45, 7) is 5.58. The van der Waals surface area contributed by atoms with Crippen LogP contribution in [0.25, 0.3) is 0 Å². The number of nitrogens with zero attached hydrogens (tertiary/aromatic N) is 3. The van der Waals surface area contributed by atoms with Gasteiger partial charge >= 0.3 is 0 Å². The molecular weight excluding hydrogens is 310 g/mol. The van der Waals surface area contributed by atoms with Gasteiger partial charge in [-0.25, -0.2) is 0 Å². The quantitative estimate of drug-likeness (QED) is 0.700. The van der Waals surface area contributed by atoms with Crippen LogP contribution in [0.1, 0.15) is 49.2 Å². The van der Waals surface area contributed by atoms with Crippen LogP contribution in [0.2, 0.25) is 0 Å². The summed E-state index contributed by atoms with van der Waals surface area (Å²) < 4.78 is 11.2. The van der Waals surface area contributed by atoms with Crippen LogP contribution in [0, 0.1) is 0 Å². The zero-order chi connectivity index (χ0) is 15.9. The van der Waals surface area contributed by atoms with Gasteiger partial charge in [-0.05, 0) is 30.7 Å². The SMILES string of the molecule is CCCCc1noc(CN(Cc2cccs2)CC2CCCO2)n1. The lowest BCUT2D eigenvalue weighted by Crippen LogP contribution is -2.31. The number of ether oxygens (including phenoxy) is 1. The molecule has 0 bridgehead atoms. The average molecular weight is 335 g/mol. The first-order chi connectivity index (χ1) is 11.3. The van der Waals surface area contributed by atoms with E-state index < -0.39 is 0 Å². The van der Waals surface area contributed by atoms with Gasteiger partial charge in [0, 0.05) is 31.0 Å². The summed E-state index contributed by atoms with van der Waals surface area (Å²) in [7, 11) is 0. The lowest BCUT2D eigenvalue weighted by atomic mass is 10.2. The van der Waals surface area contributed by atoms with Crippen molar-refractivity contribution in [1.29, 1.82) is 0 Å². The second kappa shape index (κ2) is 8.57. The van der Waals surface area contributed by atoms with Crippen molar-refractivity contribution >= 4 is 11.3 Å². The van der Waals surface area contributed by atoms with Gasteiger partial charge in [-0.2, -0.15) is 4.98 Å². The number of unbranched alkanes of at least 4 members (excludes halogenated alkanes) is 1. The molecule has 0 aromatic carbocycles. The predicted octanol–water partition coefficient (Wildman–Crippen LogP) is 3.65. The fourth-order valence-electron chi connectivity index (χ4n) is 2.87. The monoisotopic (exact) mass is 335 g/mol. The van der Waals surface area contributed by atoms with E-state index in [9.17, 15) is 0 Å². The van der Waals surface area contributed by atoms with Crippen LogP contribution in [-0.2, 0) is 24.2 Å². The Bertz CT molecular complexity index is 564. The largest absolute Gasteiger partial charge is 0.377 e. The van der Waals surface area contributed by atoms with Crippen molar-refractivity contribution < 1.29 is 9.26 Å². The standard InChI is InChI=1S/C17H25N3O2S/c1-2-3-8-16-18-17(22-19-16)13-20(11-14-6-4-9-21-14)12-15-7-5-10-23-15/h5,7,10,14H,2-4,6,8-9,11-13H2,1H3. The predicted molar refractivity (Wildman–Crippen MR) is 90.3 cm³/mol. The molecule has 6 heteroatoms. The highest BCUT2D eigenvalue weighted by molar-refractivity contribution is 7.09. The number of hydrogen-bond donors (Lipinski definition) is 0. The van der Waals surface area contributed by atoms with E-state index in [-0.39, 0.29) is 0 Å². The summed E-state index contributed by atoms with van der Waals surface area (Å²) in [5.41, 5.74) is 0. The summed E-state index contributed by atoms with van der Waals surface area (Å²) in [6.07, 6.45) is 5.79. The maximum absolute atomic E-state index is 5.79. The van der Waals surface area contributed by atoms with Gasteiger partial charge in [0.25, 0.3) is 0 Å². The summed E-state index contributed by atoms with van der Waals surface area (Å²) in [5, 5.41) is 6.21. The third kappa shape index (κ3) is 5.12. The molecule has 5 nitrogen and oxygen atoms in total. The van der Waals surface area contributed by atoms with E-state index in [0.717, 1.165) is 51.2 Å². The van der Waals surface area contributed by atoms with Crippen LogP contribution in [0.15, 0.2) is 22.0 Å². The Morgan fingerprint density at radius 3 is 3.09 bits per heavy atom. The molecule has 3 heterocycles. The highest BCUT2D eigenvalue weighted by Crippen LogP contribution is 2.18. The Hall–Kier alpha value is -1.24. The summed E-state index contributed by atoms with van der Waals surface area (Å²) in [5.74, 6) is 1.54. The Kier molecular flexibility index (Phi) is 6.19. The van der Waals surface area contributed by atoms with Crippen molar-refractivity contribution in [3.05, 3.63) is 34.1 Å².